The van der Waals surface area contributed by atoms with Gasteiger partial charge in [0.15, 0.2) is 12.2 Å². The van der Waals surface area contributed by atoms with Crippen LogP contribution in [0.1, 0.15) is 24.2 Å². The van der Waals surface area contributed by atoms with Gasteiger partial charge in [0.25, 0.3) is 0 Å². The highest BCUT2D eigenvalue weighted by molar-refractivity contribution is 6.00. The van der Waals surface area contributed by atoms with E-state index in [1.807, 2.05) is 0 Å². The van der Waals surface area contributed by atoms with Gasteiger partial charge in [-0.3, -0.25) is 14.9 Å². The summed E-state index contributed by atoms with van der Waals surface area (Å²) in [5.74, 6) is -4.02. The van der Waals surface area contributed by atoms with Gasteiger partial charge >= 0.3 is 30.0 Å². The molecule has 0 bridgehead atoms. The highest BCUT2D eigenvalue weighted by atomic mass is 16.7. The maximum absolute atomic E-state index is 12.9. The van der Waals surface area contributed by atoms with E-state index in [0.717, 1.165) is 21.0 Å². The first kappa shape index (κ1) is 28.1. The molecule has 1 aliphatic heterocycles. The molecule has 0 aliphatic carbocycles. The van der Waals surface area contributed by atoms with Crippen LogP contribution in [0.4, 0.5) is 10.5 Å². The lowest BCUT2D eigenvalue weighted by atomic mass is 9.98. The molecule has 1 amide bonds. The molecule has 0 saturated carbocycles. The predicted molar refractivity (Wildman–Crippen MR) is 127 cm³/mol. The molecule has 2 aromatic carbocycles. The number of esters is 3. The minimum absolute atomic E-state index is 0.0141. The molecular weight excluding hydrogens is 506 g/mol. The Labute approximate surface area is 216 Å². The molecule has 0 radical (unpaired) electrons. The van der Waals surface area contributed by atoms with Crippen LogP contribution in [0.5, 0.6) is 0 Å². The minimum Gasteiger partial charge on any atom is -0.478 e. The fourth-order valence-corrected chi connectivity index (χ4v) is 3.85. The summed E-state index contributed by atoms with van der Waals surface area (Å²) < 4.78 is 25.5. The van der Waals surface area contributed by atoms with Crippen LogP contribution in [0, 0.1) is 0 Å². The van der Waals surface area contributed by atoms with Crippen molar-refractivity contribution < 1.29 is 57.9 Å². The average Bonchev–Trinajstić information content (AvgIpc) is 2.87. The van der Waals surface area contributed by atoms with E-state index in [1.54, 1.807) is 36.4 Å². The number of ether oxygens (including phenoxy) is 5. The lowest BCUT2D eigenvalue weighted by Gasteiger charge is -2.41. The third kappa shape index (κ3) is 6.44. The number of rotatable bonds is 7. The van der Waals surface area contributed by atoms with Crippen molar-refractivity contribution in [2.24, 2.45) is 0 Å². The molecule has 202 valence electrons. The summed E-state index contributed by atoms with van der Waals surface area (Å²) in [5.41, 5.74) is 0.808. The number of hydrogen-bond donors (Lipinski definition) is 3. The van der Waals surface area contributed by atoms with E-state index in [-0.39, 0.29) is 11.3 Å². The maximum Gasteiger partial charge on any atom is 0.414 e. The number of carbonyl (C=O) groups is 5. The third-order valence-electron chi connectivity index (χ3n) is 5.39. The Kier molecular flexibility index (Phi) is 8.99. The zero-order valence-corrected chi connectivity index (χ0v) is 20.5. The van der Waals surface area contributed by atoms with Crippen molar-refractivity contribution in [2.45, 2.75) is 44.6 Å². The highest BCUT2D eigenvalue weighted by Gasteiger charge is 2.54. The molecule has 38 heavy (non-hydrogen) atoms. The summed E-state index contributed by atoms with van der Waals surface area (Å²) in [7, 11) is 1.02. The molecule has 13 heteroatoms. The molecule has 0 aromatic heterocycles. The standard InChI is InChI=1S/C25H25NO12/c1-12(27)35-19-18(29)20(23(32)34-3)37-24(21(19)36-13(2)28)38-25(33)26-17-11-7-6-9-15(17)14-8-4-5-10-16(14)22(30)31/h4-11,18-21,24,29H,1-3H3,(H,26,33)(H,30,31). The Bertz CT molecular complexity index is 1230. The summed E-state index contributed by atoms with van der Waals surface area (Å²) >= 11 is 0. The van der Waals surface area contributed by atoms with Crippen LogP contribution in [0.25, 0.3) is 11.1 Å². The Balaban J connectivity index is 1.92. The van der Waals surface area contributed by atoms with Crippen LogP contribution in [0.3, 0.4) is 0 Å². The second-order valence-electron chi connectivity index (χ2n) is 8.01. The van der Waals surface area contributed by atoms with E-state index in [0.29, 0.717) is 11.1 Å². The van der Waals surface area contributed by atoms with Crippen molar-refractivity contribution in [3.8, 4) is 11.1 Å². The first-order valence-corrected chi connectivity index (χ1v) is 11.2. The second-order valence-corrected chi connectivity index (χ2v) is 8.01. The number of aliphatic hydroxyl groups excluding tert-OH is 1. The number of carbonyl (C=O) groups excluding carboxylic acids is 4. The molecule has 1 aliphatic rings. The smallest absolute Gasteiger partial charge is 0.414 e. The zero-order valence-electron chi connectivity index (χ0n) is 20.5. The number of benzene rings is 2. The van der Waals surface area contributed by atoms with Crippen LogP contribution in [0.15, 0.2) is 48.5 Å². The van der Waals surface area contributed by atoms with Gasteiger partial charge in [0.1, 0.15) is 6.10 Å². The Hall–Kier alpha value is -4.49. The van der Waals surface area contributed by atoms with E-state index < -0.39 is 60.7 Å². The van der Waals surface area contributed by atoms with Gasteiger partial charge in [0.2, 0.25) is 12.4 Å². The van der Waals surface area contributed by atoms with Gasteiger partial charge < -0.3 is 33.9 Å². The Morgan fingerprint density at radius 3 is 2.03 bits per heavy atom. The van der Waals surface area contributed by atoms with Gasteiger partial charge in [-0.05, 0) is 17.7 Å². The lowest BCUT2D eigenvalue weighted by molar-refractivity contribution is -0.285. The van der Waals surface area contributed by atoms with Crippen molar-refractivity contribution >= 4 is 35.7 Å². The number of amides is 1. The fourth-order valence-electron chi connectivity index (χ4n) is 3.85. The normalized spacial score (nSPS) is 22.5. The number of nitrogens with one attached hydrogen (secondary N) is 1. The quantitative estimate of drug-likeness (QED) is 0.348. The van der Waals surface area contributed by atoms with Crippen LogP contribution < -0.4 is 5.32 Å². The number of para-hydroxylation sites is 1. The molecule has 3 N–H and O–H groups in total. The summed E-state index contributed by atoms with van der Waals surface area (Å²) in [6.45, 7) is 2.05. The first-order valence-electron chi connectivity index (χ1n) is 11.2. The fraction of sp³-hybridized carbons (Fsp3) is 0.320. The van der Waals surface area contributed by atoms with Gasteiger partial charge in [-0.2, -0.15) is 0 Å². The maximum atomic E-state index is 12.9. The molecule has 5 unspecified atom stereocenters. The van der Waals surface area contributed by atoms with Crippen LogP contribution in [-0.2, 0) is 38.1 Å². The van der Waals surface area contributed by atoms with Crippen LogP contribution in [0.2, 0.25) is 0 Å². The summed E-state index contributed by atoms with van der Waals surface area (Å²) in [4.78, 5) is 60.2. The minimum atomic E-state index is -1.83. The molecule has 5 atom stereocenters. The Morgan fingerprint density at radius 1 is 0.842 bits per heavy atom. The van der Waals surface area contributed by atoms with Gasteiger partial charge in [-0.25, -0.2) is 14.4 Å². The second kappa shape index (κ2) is 12.2. The number of methoxy groups -OCH3 is 1. The molecule has 13 nitrogen and oxygen atoms in total. The van der Waals surface area contributed by atoms with E-state index in [4.69, 9.17) is 18.9 Å². The third-order valence-corrected chi connectivity index (χ3v) is 5.39. The predicted octanol–water partition coefficient (Wildman–Crippen LogP) is 1.72. The summed E-state index contributed by atoms with van der Waals surface area (Å²) in [5, 5.41) is 22.6. The number of hydrogen-bond acceptors (Lipinski definition) is 11. The van der Waals surface area contributed by atoms with E-state index in [2.05, 4.69) is 10.1 Å². The summed E-state index contributed by atoms with van der Waals surface area (Å²) in [6, 6.07) is 12.4. The van der Waals surface area contributed by atoms with Crippen molar-refractivity contribution in [3.63, 3.8) is 0 Å². The van der Waals surface area contributed by atoms with E-state index >= 15 is 0 Å². The van der Waals surface area contributed by atoms with Crippen molar-refractivity contribution in [1.82, 2.24) is 0 Å². The molecule has 2 aromatic rings. The number of carboxylic acids is 1. The van der Waals surface area contributed by atoms with E-state index in [1.165, 1.54) is 12.1 Å². The van der Waals surface area contributed by atoms with Crippen LogP contribution in [-0.4, -0.2) is 78.0 Å². The largest absolute Gasteiger partial charge is 0.478 e. The number of carboxylic acid groups (broad SMARTS) is 1. The monoisotopic (exact) mass is 531 g/mol. The van der Waals surface area contributed by atoms with E-state index in [9.17, 15) is 34.2 Å². The van der Waals surface area contributed by atoms with Gasteiger partial charge in [0.05, 0.1) is 18.4 Å². The SMILES string of the molecule is COC(=O)C1OC(OC(=O)Nc2ccccc2-c2ccccc2C(=O)O)C(OC(C)=O)C(OC(C)=O)C1O. The van der Waals surface area contributed by atoms with Gasteiger partial charge in [-0.1, -0.05) is 36.4 Å². The molecule has 1 fully saturated rings. The molecular formula is C25H25NO12. The topological polar surface area (TPSA) is 184 Å². The molecule has 1 saturated heterocycles. The molecule has 0 spiro atoms. The highest BCUT2D eigenvalue weighted by Crippen LogP contribution is 2.32. The van der Waals surface area contributed by atoms with Crippen molar-refractivity contribution in [1.29, 1.82) is 0 Å². The van der Waals surface area contributed by atoms with Crippen molar-refractivity contribution in [3.05, 3.63) is 54.1 Å². The Morgan fingerprint density at radius 2 is 1.42 bits per heavy atom. The number of anilines is 1. The summed E-state index contributed by atoms with van der Waals surface area (Å²) in [6.07, 6.45) is -9.87. The van der Waals surface area contributed by atoms with Crippen LogP contribution >= 0.6 is 0 Å². The van der Waals surface area contributed by atoms with Gasteiger partial charge in [-0.15, -0.1) is 0 Å². The first-order chi connectivity index (χ1) is 18.0. The number of aromatic carboxylic acids is 1. The van der Waals surface area contributed by atoms with Gasteiger partial charge in [0, 0.05) is 19.4 Å². The molecule has 3 rings (SSSR count). The molecule has 1 heterocycles. The lowest BCUT2D eigenvalue weighted by Crippen LogP contribution is -2.63. The zero-order chi connectivity index (χ0) is 28.0. The average molecular weight is 531 g/mol. The number of aliphatic hydroxyl groups is 1. The van der Waals surface area contributed by atoms with Crippen molar-refractivity contribution in [2.75, 3.05) is 12.4 Å².